The minimum atomic E-state index is -0.934. The van der Waals surface area contributed by atoms with Crippen LogP contribution in [0.15, 0.2) is 78.9 Å². The van der Waals surface area contributed by atoms with E-state index < -0.39 is 11.9 Å². The second-order valence-corrected chi connectivity index (χ2v) is 6.67. The van der Waals surface area contributed by atoms with Crippen LogP contribution < -0.4 is 10.6 Å². The molecule has 1 atom stereocenters. The fraction of sp³-hybridized carbons (Fsp3) is 0.0909. The molecule has 5 heteroatoms. The molecule has 4 nitrogen and oxygen atoms in total. The van der Waals surface area contributed by atoms with Gasteiger partial charge < -0.3 is 5.73 Å². The molecule has 3 aromatic rings. The number of primary amides is 1. The van der Waals surface area contributed by atoms with E-state index in [1.807, 2.05) is 49.4 Å². The quantitative estimate of drug-likeness (QED) is 0.709. The summed E-state index contributed by atoms with van der Waals surface area (Å²) in [5, 5.41) is 0.530. The first kappa shape index (κ1) is 18.7. The molecule has 27 heavy (non-hydrogen) atoms. The lowest BCUT2D eigenvalue weighted by molar-refractivity contribution is -0.119. The number of anilines is 1. The van der Waals surface area contributed by atoms with Crippen LogP contribution in [0.4, 0.5) is 5.69 Å². The third-order valence-electron chi connectivity index (χ3n) is 4.27. The maximum absolute atomic E-state index is 13.3. The third kappa shape index (κ3) is 4.18. The fourth-order valence-electron chi connectivity index (χ4n) is 2.89. The topological polar surface area (TPSA) is 63.4 Å². The van der Waals surface area contributed by atoms with Crippen molar-refractivity contribution in [2.45, 2.75) is 13.0 Å². The number of carbonyl (C=O) groups is 2. The van der Waals surface area contributed by atoms with Gasteiger partial charge >= 0.3 is 0 Å². The van der Waals surface area contributed by atoms with Gasteiger partial charge in [-0.2, -0.15) is 0 Å². The summed E-state index contributed by atoms with van der Waals surface area (Å²) in [6.07, 6.45) is 0. The summed E-state index contributed by atoms with van der Waals surface area (Å²) in [5.41, 5.74) is 8.44. The molecule has 0 radical (unpaired) electrons. The van der Waals surface area contributed by atoms with Crippen molar-refractivity contribution < 1.29 is 9.59 Å². The molecule has 1 unspecified atom stereocenters. The van der Waals surface area contributed by atoms with Gasteiger partial charge in [-0.1, -0.05) is 59.6 Å². The molecule has 3 rings (SSSR count). The molecular formula is C22H19ClN2O2. The van der Waals surface area contributed by atoms with Gasteiger partial charge in [-0.25, -0.2) is 0 Å². The first-order valence-electron chi connectivity index (χ1n) is 8.47. The summed E-state index contributed by atoms with van der Waals surface area (Å²) in [6, 6.07) is 22.0. The number of nitrogens with zero attached hydrogens (tertiary/aromatic N) is 1. The first-order valence-corrected chi connectivity index (χ1v) is 8.85. The molecule has 2 amide bonds. The Balaban J connectivity index is 2.12. The maximum atomic E-state index is 13.3. The Bertz CT molecular complexity index is 938. The van der Waals surface area contributed by atoms with Crippen LogP contribution in [-0.2, 0) is 4.79 Å². The number of hydrogen-bond donors (Lipinski definition) is 1. The zero-order valence-corrected chi connectivity index (χ0v) is 15.6. The first-order chi connectivity index (χ1) is 13.0. The molecule has 2 N–H and O–H groups in total. The van der Waals surface area contributed by atoms with Crippen molar-refractivity contribution >= 4 is 29.1 Å². The predicted molar refractivity (Wildman–Crippen MR) is 108 cm³/mol. The van der Waals surface area contributed by atoms with E-state index in [0.717, 1.165) is 5.56 Å². The highest BCUT2D eigenvalue weighted by molar-refractivity contribution is 6.30. The van der Waals surface area contributed by atoms with Crippen LogP contribution in [0.3, 0.4) is 0 Å². The van der Waals surface area contributed by atoms with Crippen molar-refractivity contribution in [3.05, 3.63) is 101 Å². The number of halogens is 1. The van der Waals surface area contributed by atoms with Crippen LogP contribution >= 0.6 is 11.6 Å². The highest BCUT2D eigenvalue weighted by Crippen LogP contribution is 2.29. The van der Waals surface area contributed by atoms with Gasteiger partial charge in [-0.15, -0.1) is 0 Å². The van der Waals surface area contributed by atoms with Crippen molar-refractivity contribution in [2.24, 2.45) is 5.73 Å². The normalized spacial score (nSPS) is 11.6. The van der Waals surface area contributed by atoms with E-state index in [-0.39, 0.29) is 5.91 Å². The van der Waals surface area contributed by atoms with Crippen LogP contribution in [0.2, 0.25) is 5.02 Å². The van der Waals surface area contributed by atoms with Crippen molar-refractivity contribution in [3.8, 4) is 0 Å². The largest absolute Gasteiger partial charge is 0.368 e. The Morgan fingerprint density at radius 1 is 0.889 bits per heavy atom. The van der Waals surface area contributed by atoms with Crippen LogP contribution in [0.1, 0.15) is 27.5 Å². The average Bonchev–Trinajstić information content (AvgIpc) is 2.67. The molecule has 0 aliphatic rings. The molecule has 0 spiro atoms. The molecule has 136 valence electrons. The smallest absolute Gasteiger partial charge is 0.259 e. The molecule has 3 aromatic carbocycles. The zero-order valence-electron chi connectivity index (χ0n) is 14.8. The second kappa shape index (κ2) is 8.06. The Labute approximate surface area is 163 Å². The maximum Gasteiger partial charge on any atom is 0.259 e. The van der Waals surface area contributed by atoms with E-state index in [0.29, 0.717) is 21.8 Å². The average molecular weight is 379 g/mol. The number of nitrogens with two attached hydrogens (primary N) is 1. The molecule has 0 saturated carbocycles. The van der Waals surface area contributed by atoms with Crippen molar-refractivity contribution in [1.82, 2.24) is 0 Å². The second-order valence-electron chi connectivity index (χ2n) is 6.23. The van der Waals surface area contributed by atoms with Crippen molar-refractivity contribution in [1.29, 1.82) is 0 Å². The number of amides is 2. The number of rotatable bonds is 5. The van der Waals surface area contributed by atoms with E-state index in [9.17, 15) is 9.59 Å². The van der Waals surface area contributed by atoms with Gasteiger partial charge in [0.1, 0.15) is 6.04 Å². The lowest BCUT2D eigenvalue weighted by atomic mass is 10.0. The predicted octanol–water partition coefficient (Wildman–Crippen LogP) is 4.52. The number of aryl methyl sites for hydroxylation is 1. The van der Waals surface area contributed by atoms with Gasteiger partial charge in [0.05, 0.1) is 0 Å². The highest BCUT2D eigenvalue weighted by atomic mass is 35.5. The number of hydrogen-bond acceptors (Lipinski definition) is 2. The van der Waals surface area contributed by atoms with Crippen LogP contribution in [0, 0.1) is 6.92 Å². The molecule has 0 aliphatic heterocycles. The number of para-hydroxylation sites is 1. The molecular weight excluding hydrogens is 360 g/mol. The van der Waals surface area contributed by atoms with Gasteiger partial charge in [0.2, 0.25) is 5.91 Å². The monoisotopic (exact) mass is 378 g/mol. The van der Waals surface area contributed by atoms with Crippen LogP contribution in [-0.4, -0.2) is 11.8 Å². The van der Waals surface area contributed by atoms with E-state index in [4.69, 9.17) is 17.3 Å². The lowest BCUT2D eigenvalue weighted by Crippen LogP contribution is -2.42. The standard InChI is InChI=1S/C22H19ClN2O2/c1-15-7-9-16(10-8-15)20(21(24)26)25(19-5-3-2-4-6-19)22(27)17-11-13-18(23)14-12-17/h2-14,20H,1H3,(H2,24,26). The molecule has 0 heterocycles. The molecule has 0 saturated heterocycles. The molecule has 0 aliphatic carbocycles. The van der Waals surface area contributed by atoms with Crippen LogP contribution in [0.5, 0.6) is 0 Å². The Hall–Kier alpha value is -3.11. The summed E-state index contributed by atoms with van der Waals surface area (Å²) in [4.78, 5) is 27.1. The minimum absolute atomic E-state index is 0.331. The SMILES string of the molecule is Cc1ccc(C(C(N)=O)N(C(=O)c2ccc(Cl)cc2)c2ccccc2)cc1. The van der Waals surface area contributed by atoms with Gasteiger partial charge in [0, 0.05) is 16.3 Å². The fourth-order valence-corrected chi connectivity index (χ4v) is 3.02. The molecule has 0 fully saturated rings. The zero-order chi connectivity index (χ0) is 19.4. The van der Waals surface area contributed by atoms with Crippen LogP contribution in [0.25, 0.3) is 0 Å². The van der Waals surface area contributed by atoms with Gasteiger partial charge in [-0.05, 0) is 48.9 Å². The summed E-state index contributed by atoms with van der Waals surface area (Å²) < 4.78 is 0. The van der Waals surface area contributed by atoms with Gasteiger partial charge in [0.15, 0.2) is 0 Å². The van der Waals surface area contributed by atoms with Gasteiger partial charge in [-0.3, -0.25) is 14.5 Å². The minimum Gasteiger partial charge on any atom is -0.368 e. The molecule has 0 bridgehead atoms. The van der Waals surface area contributed by atoms with Gasteiger partial charge in [0.25, 0.3) is 5.91 Å². The summed E-state index contributed by atoms with van der Waals surface area (Å²) >= 11 is 5.94. The molecule has 0 aromatic heterocycles. The van der Waals surface area contributed by atoms with E-state index in [2.05, 4.69) is 0 Å². The third-order valence-corrected chi connectivity index (χ3v) is 4.52. The summed E-state index contributed by atoms with van der Waals surface area (Å²) in [7, 11) is 0. The van der Waals surface area contributed by atoms with E-state index >= 15 is 0 Å². The van der Waals surface area contributed by atoms with E-state index in [1.54, 1.807) is 36.4 Å². The van der Waals surface area contributed by atoms with Crippen molar-refractivity contribution in [2.75, 3.05) is 4.90 Å². The number of benzene rings is 3. The van der Waals surface area contributed by atoms with Crippen molar-refractivity contribution in [3.63, 3.8) is 0 Å². The highest BCUT2D eigenvalue weighted by Gasteiger charge is 2.31. The Morgan fingerprint density at radius 2 is 1.48 bits per heavy atom. The summed E-state index contributed by atoms with van der Waals surface area (Å²) in [5.74, 6) is -0.938. The number of carbonyl (C=O) groups excluding carboxylic acids is 2. The lowest BCUT2D eigenvalue weighted by Gasteiger charge is -2.30. The Morgan fingerprint density at radius 3 is 2.04 bits per heavy atom. The Kier molecular flexibility index (Phi) is 5.57. The van der Waals surface area contributed by atoms with E-state index in [1.165, 1.54) is 4.90 Å². The summed E-state index contributed by atoms with van der Waals surface area (Å²) in [6.45, 7) is 1.96.